The van der Waals surface area contributed by atoms with E-state index in [4.69, 9.17) is 0 Å². The molecular formula is C10H21NS. The number of unbranched alkanes of at least 4 members (excludes halogenated alkanes) is 1. The molecule has 2 unspecified atom stereocenters. The lowest BCUT2D eigenvalue weighted by molar-refractivity contribution is 0.520. The maximum atomic E-state index is 3.66. The summed E-state index contributed by atoms with van der Waals surface area (Å²) in [6.45, 7) is 3.47. The first kappa shape index (κ1) is 10.4. The van der Waals surface area contributed by atoms with Crippen molar-refractivity contribution in [1.29, 1.82) is 0 Å². The van der Waals surface area contributed by atoms with E-state index in [0.717, 1.165) is 11.3 Å². The summed E-state index contributed by atoms with van der Waals surface area (Å²) < 4.78 is 0. The molecule has 0 saturated heterocycles. The van der Waals surface area contributed by atoms with E-state index in [1.54, 1.807) is 0 Å². The molecule has 1 aliphatic rings. The monoisotopic (exact) mass is 187 g/mol. The molecule has 0 aromatic rings. The molecule has 0 amide bonds. The zero-order valence-electron chi connectivity index (χ0n) is 8.31. The highest BCUT2D eigenvalue weighted by atomic mass is 32.2. The predicted octanol–water partition coefficient (Wildman–Crippen LogP) is 2.66. The van der Waals surface area contributed by atoms with E-state index in [9.17, 15) is 0 Å². The molecule has 72 valence electrons. The van der Waals surface area contributed by atoms with Crippen LogP contribution in [0.2, 0.25) is 0 Å². The average molecular weight is 187 g/mol. The Kier molecular flexibility index (Phi) is 5.08. The minimum absolute atomic E-state index is 0.812. The number of rotatable bonds is 5. The van der Waals surface area contributed by atoms with Crippen LogP contribution < -0.4 is 5.32 Å². The van der Waals surface area contributed by atoms with Crippen molar-refractivity contribution in [1.82, 2.24) is 5.32 Å². The molecule has 1 rings (SSSR count). The Balaban J connectivity index is 2.12. The lowest BCUT2D eigenvalue weighted by atomic mass is 10.2. The van der Waals surface area contributed by atoms with Gasteiger partial charge in [0.05, 0.1) is 0 Å². The summed E-state index contributed by atoms with van der Waals surface area (Å²) in [6, 6.07) is 0.812. The van der Waals surface area contributed by atoms with Gasteiger partial charge in [-0.3, -0.25) is 0 Å². The van der Waals surface area contributed by atoms with Crippen LogP contribution >= 0.6 is 11.8 Å². The summed E-state index contributed by atoms with van der Waals surface area (Å²) >= 11 is 2.04. The van der Waals surface area contributed by atoms with Gasteiger partial charge in [0.2, 0.25) is 0 Å². The van der Waals surface area contributed by atoms with E-state index in [2.05, 4.69) is 18.5 Å². The van der Waals surface area contributed by atoms with Gasteiger partial charge in [0.25, 0.3) is 0 Å². The molecule has 1 aliphatic carbocycles. The van der Waals surface area contributed by atoms with Crippen molar-refractivity contribution in [2.45, 2.75) is 50.3 Å². The normalized spacial score (nSPS) is 29.5. The molecule has 0 aliphatic heterocycles. The Morgan fingerprint density at radius 3 is 2.92 bits per heavy atom. The van der Waals surface area contributed by atoms with Gasteiger partial charge < -0.3 is 5.32 Å². The van der Waals surface area contributed by atoms with Crippen molar-refractivity contribution in [3.8, 4) is 0 Å². The second kappa shape index (κ2) is 5.87. The van der Waals surface area contributed by atoms with Gasteiger partial charge >= 0.3 is 0 Å². The highest BCUT2D eigenvalue weighted by molar-refractivity contribution is 7.99. The maximum Gasteiger partial charge on any atom is 0.0198 e. The van der Waals surface area contributed by atoms with Crippen LogP contribution in [0.4, 0.5) is 0 Å². The molecule has 0 aromatic carbocycles. The Hall–Kier alpha value is 0.310. The van der Waals surface area contributed by atoms with Gasteiger partial charge in [-0.25, -0.2) is 0 Å². The minimum Gasteiger partial charge on any atom is -0.313 e. The molecule has 0 radical (unpaired) electrons. The highest BCUT2D eigenvalue weighted by Crippen LogP contribution is 2.28. The first-order valence-corrected chi connectivity index (χ1v) is 6.43. The van der Waals surface area contributed by atoms with Crippen molar-refractivity contribution in [3.05, 3.63) is 0 Å². The predicted molar refractivity (Wildman–Crippen MR) is 57.9 cm³/mol. The van der Waals surface area contributed by atoms with Crippen LogP contribution in [-0.2, 0) is 0 Å². The van der Waals surface area contributed by atoms with Gasteiger partial charge in [-0.1, -0.05) is 19.8 Å². The van der Waals surface area contributed by atoms with Gasteiger partial charge in [0.15, 0.2) is 0 Å². The molecule has 1 saturated carbocycles. The van der Waals surface area contributed by atoms with Gasteiger partial charge in [-0.2, -0.15) is 11.8 Å². The molecular weight excluding hydrogens is 166 g/mol. The van der Waals surface area contributed by atoms with E-state index in [-0.39, 0.29) is 0 Å². The van der Waals surface area contributed by atoms with Crippen LogP contribution in [0.25, 0.3) is 0 Å². The van der Waals surface area contributed by atoms with Crippen LogP contribution in [-0.4, -0.2) is 24.1 Å². The van der Waals surface area contributed by atoms with Gasteiger partial charge in [0, 0.05) is 11.3 Å². The summed E-state index contributed by atoms with van der Waals surface area (Å²) in [5, 5.41) is 4.55. The third-order valence-corrected chi connectivity index (χ3v) is 3.86. The summed E-state index contributed by atoms with van der Waals surface area (Å²) in [5.74, 6) is 0. The van der Waals surface area contributed by atoms with Crippen molar-refractivity contribution >= 4 is 11.8 Å². The Morgan fingerprint density at radius 2 is 2.25 bits per heavy atom. The van der Waals surface area contributed by atoms with Crippen molar-refractivity contribution in [2.75, 3.05) is 12.8 Å². The zero-order chi connectivity index (χ0) is 8.81. The summed E-state index contributed by atoms with van der Waals surface area (Å²) in [7, 11) is 0. The number of nitrogens with one attached hydrogen (secondary N) is 1. The quantitative estimate of drug-likeness (QED) is 0.664. The third kappa shape index (κ3) is 2.98. The largest absolute Gasteiger partial charge is 0.313 e. The van der Waals surface area contributed by atoms with E-state index >= 15 is 0 Å². The Bertz CT molecular complexity index is 116. The van der Waals surface area contributed by atoms with Crippen LogP contribution in [0.15, 0.2) is 0 Å². The molecule has 2 atom stereocenters. The van der Waals surface area contributed by atoms with E-state index in [1.807, 2.05) is 11.8 Å². The SMILES string of the molecule is CCCCNC1CCCC1SC. The first-order chi connectivity index (χ1) is 5.88. The summed E-state index contributed by atoms with van der Waals surface area (Å²) in [5.41, 5.74) is 0. The maximum absolute atomic E-state index is 3.66. The molecule has 0 aromatic heterocycles. The molecule has 0 bridgehead atoms. The smallest absolute Gasteiger partial charge is 0.0198 e. The topological polar surface area (TPSA) is 12.0 Å². The zero-order valence-corrected chi connectivity index (χ0v) is 9.12. The molecule has 1 N–H and O–H groups in total. The second-order valence-electron chi connectivity index (χ2n) is 3.62. The molecule has 0 heterocycles. The van der Waals surface area contributed by atoms with Gasteiger partial charge in [0.1, 0.15) is 0 Å². The van der Waals surface area contributed by atoms with Crippen LogP contribution in [0.5, 0.6) is 0 Å². The van der Waals surface area contributed by atoms with Crippen LogP contribution in [0, 0.1) is 0 Å². The molecule has 1 nitrogen and oxygen atoms in total. The summed E-state index contributed by atoms with van der Waals surface area (Å²) in [4.78, 5) is 0. The lowest BCUT2D eigenvalue weighted by Crippen LogP contribution is -2.34. The fourth-order valence-corrected chi connectivity index (χ4v) is 2.87. The standard InChI is InChI=1S/C10H21NS/c1-3-4-8-11-9-6-5-7-10(9)12-2/h9-11H,3-8H2,1-2H3. The highest BCUT2D eigenvalue weighted by Gasteiger charge is 2.25. The first-order valence-electron chi connectivity index (χ1n) is 5.14. The summed E-state index contributed by atoms with van der Waals surface area (Å²) in [6.07, 6.45) is 9.13. The van der Waals surface area contributed by atoms with Crippen molar-refractivity contribution < 1.29 is 0 Å². The Labute approximate surface area is 80.7 Å². The number of thioether (sulfide) groups is 1. The number of hydrogen-bond acceptors (Lipinski definition) is 2. The fourth-order valence-electron chi connectivity index (χ4n) is 1.91. The van der Waals surface area contributed by atoms with E-state index in [0.29, 0.717) is 0 Å². The Morgan fingerprint density at radius 1 is 1.42 bits per heavy atom. The fraction of sp³-hybridized carbons (Fsp3) is 1.00. The minimum atomic E-state index is 0.812. The van der Waals surface area contributed by atoms with E-state index in [1.165, 1.54) is 38.6 Å². The number of hydrogen-bond donors (Lipinski definition) is 1. The van der Waals surface area contributed by atoms with Crippen LogP contribution in [0.1, 0.15) is 39.0 Å². The molecule has 12 heavy (non-hydrogen) atoms. The molecule has 0 spiro atoms. The van der Waals surface area contributed by atoms with Crippen molar-refractivity contribution in [3.63, 3.8) is 0 Å². The van der Waals surface area contributed by atoms with Crippen molar-refractivity contribution in [2.24, 2.45) is 0 Å². The second-order valence-corrected chi connectivity index (χ2v) is 4.70. The van der Waals surface area contributed by atoms with Gasteiger partial charge in [-0.15, -0.1) is 0 Å². The molecule has 2 heteroatoms. The van der Waals surface area contributed by atoms with E-state index < -0.39 is 0 Å². The van der Waals surface area contributed by atoms with Crippen LogP contribution in [0.3, 0.4) is 0 Å². The average Bonchev–Trinajstić information content (AvgIpc) is 2.52. The lowest BCUT2D eigenvalue weighted by Gasteiger charge is -2.18. The molecule has 1 fully saturated rings. The van der Waals surface area contributed by atoms with Gasteiger partial charge in [-0.05, 0) is 32.1 Å². The third-order valence-electron chi connectivity index (χ3n) is 2.69.